The van der Waals surface area contributed by atoms with E-state index in [1.807, 2.05) is 0 Å². The van der Waals surface area contributed by atoms with Gasteiger partial charge in [-0.1, -0.05) is 5.16 Å². The van der Waals surface area contributed by atoms with Crippen molar-refractivity contribution < 1.29 is 14.2 Å². The fourth-order valence-corrected chi connectivity index (χ4v) is 1.26. The number of hydrogen-bond acceptors (Lipinski definition) is 8. The summed E-state index contributed by atoms with van der Waals surface area (Å²) in [4.78, 5) is 29.1. The van der Waals surface area contributed by atoms with Crippen LogP contribution in [0.15, 0.2) is 16.8 Å². The molecule has 3 N–H and O–H groups in total. The molecule has 0 aromatic carbocycles. The Morgan fingerprint density at radius 3 is 2.89 bits per heavy atom. The zero-order valence-electron chi connectivity index (χ0n) is 9.65. The van der Waals surface area contributed by atoms with Crippen LogP contribution in [0.1, 0.15) is 16.2 Å². The number of aromatic nitrogens is 3. The molecule has 0 spiro atoms. The molecule has 0 bridgehead atoms. The van der Waals surface area contributed by atoms with Gasteiger partial charge in [0.2, 0.25) is 0 Å². The fraction of sp³-hybridized carbons (Fsp3) is 0.111. The summed E-state index contributed by atoms with van der Waals surface area (Å²) in [6.45, 7) is 1.57. The summed E-state index contributed by atoms with van der Waals surface area (Å²) in [5, 5.41) is 16.3. The lowest BCUT2D eigenvalue weighted by atomic mass is 10.2. The number of pyridine rings is 1. The number of amides is 1. The SMILES string of the molecule is Cc1noc(NC(=O)c2cc([N+](=O)[O-])cnc2N)n1. The molecule has 0 fully saturated rings. The molecule has 0 atom stereocenters. The molecule has 0 unspecified atom stereocenters. The third-order valence-corrected chi connectivity index (χ3v) is 2.11. The van der Waals surface area contributed by atoms with Gasteiger partial charge in [0, 0.05) is 6.07 Å². The minimum Gasteiger partial charge on any atom is -0.383 e. The third-order valence-electron chi connectivity index (χ3n) is 2.11. The standard InChI is InChI=1S/C9H8N6O4/c1-4-12-9(19-14-4)13-8(16)6-2-5(15(17)18)3-11-7(6)10/h2-3H,1H3,(H2,10,11)(H,12,13,14,16). The van der Waals surface area contributed by atoms with Gasteiger partial charge in [-0.05, 0) is 6.92 Å². The largest absolute Gasteiger partial charge is 0.383 e. The van der Waals surface area contributed by atoms with Crippen molar-refractivity contribution in [3.63, 3.8) is 0 Å². The molecule has 10 nitrogen and oxygen atoms in total. The van der Waals surface area contributed by atoms with E-state index in [2.05, 4.69) is 25.0 Å². The molecule has 2 heterocycles. The summed E-state index contributed by atoms with van der Waals surface area (Å²) in [7, 11) is 0. The van der Waals surface area contributed by atoms with E-state index in [1.165, 1.54) is 0 Å². The summed E-state index contributed by atoms with van der Waals surface area (Å²) in [6, 6.07) is 0.884. The molecule has 2 rings (SSSR count). The Hall–Kier alpha value is -3.04. The maximum atomic E-state index is 11.8. The Morgan fingerprint density at radius 1 is 1.58 bits per heavy atom. The number of carbonyl (C=O) groups is 1. The van der Waals surface area contributed by atoms with Crippen LogP contribution in [0.25, 0.3) is 0 Å². The summed E-state index contributed by atoms with van der Waals surface area (Å²) in [5.74, 6) is -0.530. The van der Waals surface area contributed by atoms with Crippen LogP contribution in [0.5, 0.6) is 0 Å². The second-order valence-electron chi connectivity index (χ2n) is 3.48. The normalized spacial score (nSPS) is 10.2. The summed E-state index contributed by atoms with van der Waals surface area (Å²) in [5.41, 5.74) is 4.99. The Balaban J connectivity index is 2.27. The van der Waals surface area contributed by atoms with Crippen LogP contribution in [0.4, 0.5) is 17.5 Å². The molecule has 0 aliphatic heterocycles. The van der Waals surface area contributed by atoms with E-state index in [0.717, 1.165) is 12.3 Å². The summed E-state index contributed by atoms with van der Waals surface area (Å²) < 4.78 is 4.69. The molecular formula is C9H8N6O4. The van der Waals surface area contributed by atoms with E-state index in [4.69, 9.17) is 5.73 Å². The summed E-state index contributed by atoms with van der Waals surface area (Å²) >= 11 is 0. The Bertz CT molecular complexity index is 652. The molecule has 0 aliphatic carbocycles. The van der Waals surface area contributed by atoms with Crippen LogP contribution in [0.3, 0.4) is 0 Å². The van der Waals surface area contributed by atoms with Gasteiger partial charge in [-0.15, -0.1) is 0 Å². The number of nitro groups is 1. The molecular weight excluding hydrogens is 256 g/mol. The predicted octanol–water partition coefficient (Wildman–Crippen LogP) is 0.516. The average Bonchev–Trinajstić information content (AvgIpc) is 2.74. The first-order valence-electron chi connectivity index (χ1n) is 4.99. The number of anilines is 2. The van der Waals surface area contributed by atoms with Crippen molar-refractivity contribution in [2.45, 2.75) is 6.92 Å². The van der Waals surface area contributed by atoms with Crippen LogP contribution in [-0.2, 0) is 0 Å². The quantitative estimate of drug-likeness (QED) is 0.601. The first kappa shape index (κ1) is 12.4. The van der Waals surface area contributed by atoms with Gasteiger partial charge in [0.1, 0.15) is 12.0 Å². The average molecular weight is 264 g/mol. The Kier molecular flexibility index (Phi) is 3.06. The van der Waals surface area contributed by atoms with E-state index in [0.29, 0.717) is 5.82 Å². The molecule has 0 saturated carbocycles. The lowest BCUT2D eigenvalue weighted by Gasteiger charge is -2.03. The number of nitrogen functional groups attached to an aromatic ring is 1. The van der Waals surface area contributed by atoms with Crippen LogP contribution in [0, 0.1) is 17.0 Å². The van der Waals surface area contributed by atoms with Gasteiger partial charge in [0.25, 0.3) is 11.6 Å². The van der Waals surface area contributed by atoms with Gasteiger partial charge >= 0.3 is 6.01 Å². The van der Waals surface area contributed by atoms with Crippen LogP contribution < -0.4 is 11.1 Å². The van der Waals surface area contributed by atoms with E-state index in [1.54, 1.807) is 6.92 Å². The van der Waals surface area contributed by atoms with Gasteiger partial charge in [-0.2, -0.15) is 4.98 Å². The zero-order valence-corrected chi connectivity index (χ0v) is 9.65. The van der Waals surface area contributed by atoms with Crippen molar-refractivity contribution in [3.8, 4) is 0 Å². The highest BCUT2D eigenvalue weighted by atomic mass is 16.6. The minimum atomic E-state index is -0.725. The van der Waals surface area contributed by atoms with E-state index in [-0.39, 0.29) is 23.1 Å². The second kappa shape index (κ2) is 4.68. The van der Waals surface area contributed by atoms with Crippen LogP contribution in [-0.4, -0.2) is 26.0 Å². The molecule has 1 amide bonds. The number of rotatable bonds is 3. The maximum absolute atomic E-state index is 11.8. The van der Waals surface area contributed by atoms with Crippen LogP contribution in [0.2, 0.25) is 0 Å². The smallest absolute Gasteiger partial charge is 0.328 e. The first-order valence-corrected chi connectivity index (χ1v) is 4.99. The molecule has 2 aromatic heterocycles. The predicted molar refractivity (Wildman–Crippen MR) is 62.3 cm³/mol. The number of nitrogens with two attached hydrogens (primary N) is 1. The van der Waals surface area contributed by atoms with E-state index in [9.17, 15) is 14.9 Å². The van der Waals surface area contributed by atoms with Crippen LogP contribution >= 0.6 is 0 Å². The fourth-order valence-electron chi connectivity index (χ4n) is 1.26. The lowest BCUT2D eigenvalue weighted by molar-refractivity contribution is -0.385. The Morgan fingerprint density at radius 2 is 2.32 bits per heavy atom. The van der Waals surface area contributed by atoms with E-state index < -0.39 is 10.8 Å². The Labute approximate surface area is 105 Å². The maximum Gasteiger partial charge on any atom is 0.328 e. The first-order chi connectivity index (χ1) is 8.97. The van der Waals surface area contributed by atoms with Gasteiger partial charge < -0.3 is 10.3 Å². The molecule has 0 aliphatic rings. The van der Waals surface area contributed by atoms with Crippen molar-refractivity contribution in [1.29, 1.82) is 0 Å². The van der Waals surface area contributed by atoms with Crippen molar-refractivity contribution in [2.24, 2.45) is 0 Å². The van der Waals surface area contributed by atoms with Gasteiger partial charge in [-0.25, -0.2) is 4.98 Å². The van der Waals surface area contributed by atoms with Gasteiger partial charge in [-0.3, -0.25) is 20.2 Å². The molecule has 0 radical (unpaired) electrons. The van der Waals surface area contributed by atoms with Gasteiger partial charge in [0.15, 0.2) is 5.82 Å². The molecule has 2 aromatic rings. The van der Waals surface area contributed by atoms with E-state index >= 15 is 0 Å². The number of carbonyl (C=O) groups excluding carboxylic acids is 1. The lowest BCUT2D eigenvalue weighted by Crippen LogP contribution is -2.15. The topological polar surface area (TPSA) is 150 Å². The molecule has 10 heteroatoms. The summed E-state index contributed by atoms with van der Waals surface area (Å²) in [6.07, 6.45) is 0.961. The number of nitrogens with zero attached hydrogens (tertiary/aromatic N) is 4. The van der Waals surface area contributed by atoms with Crippen molar-refractivity contribution >= 4 is 23.4 Å². The molecule has 19 heavy (non-hydrogen) atoms. The third kappa shape index (κ3) is 2.62. The highest BCUT2D eigenvalue weighted by Gasteiger charge is 2.18. The monoisotopic (exact) mass is 264 g/mol. The van der Waals surface area contributed by atoms with Crippen molar-refractivity contribution in [2.75, 3.05) is 11.1 Å². The van der Waals surface area contributed by atoms with Crippen molar-refractivity contribution in [3.05, 3.63) is 33.8 Å². The number of aryl methyl sites for hydroxylation is 1. The number of hydrogen-bond donors (Lipinski definition) is 2. The van der Waals surface area contributed by atoms with Gasteiger partial charge in [0.05, 0.1) is 10.5 Å². The highest BCUT2D eigenvalue weighted by Crippen LogP contribution is 2.18. The molecule has 98 valence electrons. The zero-order chi connectivity index (χ0) is 14.0. The second-order valence-corrected chi connectivity index (χ2v) is 3.48. The molecule has 0 saturated heterocycles. The van der Waals surface area contributed by atoms with Crippen molar-refractivity contribution in [1.82, 2.24) is 15.1 Å². The minimum absolute atomic E-state index is 0.131. The highest BCUT2D eigenvalue weighted by molar-refractivity contribution is 6.06. The number of nitrogens with one attached hydrogen (secondary N) is 1.